The molecule has 0 heterocycles. The van der Waals surface area contributed by atoms with Gasteiger partial charge in [0.05, 0.1) is 12.6 Å². The number of nitrogens with one attached hydrogen (secondary N) is 3. The molecule has 0 aliphatic carbocycles. The predicted octanol–water partition coefficient (Wildman–Crippen LogP) is -0.993. The van der Waals surface area contributed by atoms with Gasteiger partial charge in [0.2, 0.25) is 17.7 Å². The van der Waals surface area contributed by atoms with Crippen LogP contribution in [0.1, 0.15) is 26.7 Å². The molecule has 7 N–H and O–H groups in total. The van der Waals surface area contributed by atoms with Gasteiger partial charge < -0.3 is 31.9 Å². The highest BCUT2D eigenvalue weighted by Gasteiger charge is 2.31. The van der Waals surface area contributed by atoms with Crippen LogP contribution >= 0.6 is 23.5 Å². The molecule has 0 saturated heterocycles. The van der Waals surface area contributed by atoms with E-state index in [0.29, 0.717) is 17.9 Å². The minimum absolute atomic E-state index is 0.252. The van der Waals surface area contributed by atoms with Crippen LogP contribution in [0.15, 0.2) is 0 Å². The highest BCUT2D eigenvalue weighted by Crippen LogP contribution is 2.07. The minimum atomic E-state index is -1.47. The standard InChI is InChI=1S/C18H34N4O6S2/c1-10(2)14(22-15(24)11(19)5-7-29-3)17(26)20-12(6-8-30-4)16(25)21-13(9-23)18(27)28/h10-14,23H,5-9,19H2,1-4H3,(H,20,26)(H,21,25)(H,22,24)(H,27,28). The molecule has 12 heteroatoms. The Morgan fingerprint density at radius 2 is 1.40 bits per heavy atom. The Kier molecular flexibility index (Phi) is 14.6. The van der Waals surface area contributed by atoms with Gasteiger partial charge in [0.1, 0.15) is 18.1 Å². The van der Waals surface area contributed by atoms with Crippen LogP contribution in [0, 0.1) is 5.92 Å². The zero-order valence-electron chi connectivity index (χ0n) is 17.8. The first-order chi connectivity index (χ1) is 14.1. The van der Waals surface area contributed by atoms with Crippen molar-refractivity contribution in [2.24, 2.45) is 11.7 Å². The lowest BCUT2D eigenvalue weighted by Crippen LogP contribution is -2.58. The van der Waals surface area contributed by atoms with Crippen molar-refractivity contribution in [1.29, 1.82) is 0 Å². The Labute approximate surface area is 185 Å². The van der Waals surface area contributed by atoms with E-state index in [-0.39, 0.29) is 12.3 Å². The molecule has 3 amide bonds. The zero-order chi connectivity index (χ0) is 23.3. The molecule has 0 fully saturated rings. The summed E-state index contributed by atoms with van der Waals surface area (Å²) >= 11 is 3.02. The van der Waals surface area contributed by atoms with E-state index in [2.05, 4.69) is 16.0 Å². The number of amides is 3. The topological polar surface area (TPSA) is 171 Å². The van der Waals surface area contributed by atoms with E-state index < -0.39 is 54.5 Å². The zero-order valence-corrected chi connectivity index (χ0v) is 19.5. The van der Waals surface area contributed by atoms with Crippen LogP contribution in [0.25, 0.3) is 0 Å². The highest BCUT2D eigenvalue weighted by molar-refractivity contribution is 7.98. The lowest BCUT2D eigenvalue weighted by molar-refractivity contribution is -0.143. The fourth-order valence-electron chi connectivity index (χ4n) is 2.39. The normalized spacial score (nSPS) is 15.0. The molecule has 0 aromatic carbocycles. The Morgan fingerprint density at radius 3 is 1.87 bits per heavy atom. The van der Waals surface area contributed by atoms with Gasteiger partial charge in [0.25, 0.3) is 0 Å². The average Bonchev–Trinajstić information content (AvgIpc) is 2.69. The molecule has 174 valence electrons. The van der Waals surface area contributed by atoms with Gasteiger partial charge in [-0.15, -0.1) is 0 Å². The Bertz CT molecular complexity index is 579. The van der Waals surface area contributed by atoms with E-state index in [1.165, 1.54) is 11.8 Å². The van der Waals surface area contributed by atoms with Crippen molar-refractivity contribution in [3.8, 4) is 0 Å². The summed E-state index contributed by atoms with van der Waals surface area (Å²) in [5.74, 6) is -2.14. The van der Waals surface area contributed by atoms with Gasteiger partial charge in [-0.2, -0.15) is 23.5 Å². The van der Waals surface area contributed by atoms with Crippen LogP contribution in [0.4, 0.5) is 0 Å². The third-order valence-electron chi connectivity index (χ3n) is 4.26. The number of thioether (sulfide) groups is 2. The Balaban J connectivity index is 5.23. The molecule has 30 heavy (non-hydrogen) atoms. The molecule has 0 aromatic heterocycles. The lowest BCUT2D eigenvalue weighted by Gasteiger charge is -2.26. The van der Waals surface area contributed by atoms with Crippen LogP contribution in [-0.4, -0.2) is 88.7 Å². The second-order valence-electron chi connectivity index (χ2n) is 7.04. The Hall–Kier alpha value is -1.50. The number of aliphatic hydroxyl groups is 1. The third-order valence-corrected chi connectivity index (χ3v) is 5.55. The number of carboxylic acids is 1. The smallest absolute Gasteiger partial charge is 0.328 e. The van der Waals surface area contributed by atoms with Gasteiger partial charge in [0.15, 0.2) is 0 Å². The van der Waals surface area contributed by atoms with Gasteiger partial charge in [-0.05, 0) is 42.8 Å². The van der Waals surface area contributed by atoms with Crippen molar-refractivity contribution in [3.63, 3.8) is 0 Å². The maximum absolute atomic E-state index is 12.8. The number of aliphatic carboxylic acids is 1. The first-order valence-corrected chi connectivity index (χ1v) is 12.4. The molecule has 0 aliphatic rings. The van der Waals surface area contributed by atoms with Gasteiger partial charge in [0, 0.05) is 0 Å². The van der Waals surface area contributed by atoms with Crippen molar-refractivity contribution in [2.75, 3.05) is 30.6 Å². The third kappa shape index (κ3) is 10.5. The van der Waals surface area contributed by atoms with Crippen LogP contribution < -0.4 is 21.7 Å². The molecule has 0 radical (unpaired) electrons. The molecule has 0 bridgehead atoms. The SMILES string of the molecule is CSCCC(N)C(=O)NC(C(=O)NC(CCSC)C(=O)NC(CO)C(=O)O)C(C)C. The molecule has 0 rings (SSSR count). The summed E-state index contributed by atoms with van der Waals surface area (Å²) in [6, 6.07) is -4.14. The second-order valence-corrected chi connectivity index (χ2v) is 9.01. The molecule has 0 saturated carbocycles. The summed E-state index contributed by atoms with van der Waals surface area (Å²) in [5, 5.41) is 25.6. The number of hydrogen-bond donors (Lipinski definition) is 6. The number of aliphatic hydroxyl groups excluding tert-OH is 1. The molecule has 4 unspecified atom stereocenters. The van der Waals surface area contributed by atoms with E-state index in [0.717, 1.165) is 0 Å². The summed E-state index contributed by atoms with van der Waals surface area (Å²) in [7, 11) is 0. The fraction of sp³-hybridized carbons (Fsp3) is 0.778. The lowest BCUT2D eigenvalue weighted by atomic mass is 10.0. The first-order valence-electron chi connectivity index (χ1n) is 9.57. The van der Waals surface area contributed by atoms with Crippen molar-refractivity contribution in [1.82, 2.24) is 16.0 Å². The van der Waals surface area contributed by atoms with Crippen molar-refractivity contribution in [3.05, 3.63) is 0 Å². The number of carbonyl (C=O) groups excluding carboxylic acids is 3. The quantitative estimate of drug-likeness (QED) is 0.177. The van der Waals surface area contributed by atoms with Crippen molar-refractivity contribution < 1.29 is 29.4 Å². The van der Waals surface area contributed by atoms with Crippen LogP contribution in [0.2, 0.25) is 0 Å². The van der Waals surface area contributed by atoms with Crippen LogP contribution in [-0.2, 0) is 19.2 Å². The molecule has 0 aromatic rings. The second kappa shape index (κ2) is 15.3. The molecule has 0 spiro atoms. The van der Waals surface area contributed by atoms with E-state index in [9.17, 15) is 19.2 Å². The van der Waals surface area contributed by atoms with E-state index in [1.54, 1.807) is 25.6 Å². The fourth-order valence-corrected chi connectivity index (χ4v) is 3.36. The maximum atomic E-state index is 12.8. The number of hydrogen-bond acceptors (Lipinski definition) is 8. The largest absolute Gasteiger partial charge is 0.480 e. The predicted molar refractivity (Wildman–Crippen MR) is 119 cm³/mol. The minimum Gasteiger partial charge on any atom is -0.480 e. The molecular weight excluding hydrogens is 432 g/mol. The van der Waals surface area contributed by atoms with Crippen LogP contribution in [0.3, 0.4) is 0 Å². The first kappa shape index (κ1) is 28.5. The summed E-state index contributed by atoms with van der Waals surface area (Å²) in [5.41, 5.74) is 5.86. The summed E-state index contributed by atoms with van der Waals surface area (Å²) in [4.78, 5) is 48.7. The van der Waals surface area contributed by atoms with Gasteiger partial charge in [-0.1, -0.05) is 13.8 Å². The number of carboxylic acid groups (broad SMARTS) is 1. The number of carbonyl (C=O) groups is 4. The van der Waals surface area contributed by atoms with E-state index in [1.807, 2.05) is 12.5 Å². The van der Waals surface area contributed by atoms with Gasteiger partial charge in [-0.25, -0.2) is 4.79 Å². The summed E-state index contributed by atoms with van der Waals surface area (Å²) in [6.45, 7) is 2.73. The average molecular weight is 467 g/mol. The molecule has 0 aliphatic heterocycles. The summed E-state index contributed by atoms with van der Waals surface area (Å²) < 4.78 is 0. The number of nitrogens with two attached hydrogens (primary N) is 1. The van der Waals surface area contributed by atoms with E-state index >= 15 is 0 Å². The Morgan fingerprint density at radius 1 is 0.867 bits per heavy atom. The van der Waals surface area contributed by atoms with Crippen LogP contribution in [0.5, 0.6) is 0 Å². The van der Waals surface area contributed by atoms with Gasteiger partial charge >= 0.3 is 5.97 Å². The van der Waals surface area contributed by atoms with Crippen molar-refractivity contribution >= 4 is 47.2 Å². The van der Waals surface area contributed by atoms with E-state index in [4.69, 9.17) is 15.9 Å². The van der Waals surface area contributed by atoms with Gasteiger partial charge in [-0.3, -0.25) is 14.4 Å². The highest BCUT2D eigenvalue weighted by atomic mass is 32.2. The maximum Gasteiger partial charge on any atom is 0.328 e. The number of rotatable bonds is 15. The molecule has 4 atom stereocenters. The monoisotopic (exact) mass is 466 g/mol. The van der Waals surface area contributed by atoms with Crippen molar-refractivity contribution in [2.45, 2.75) is 50.9 Å². The molecular formula is C18H34N4O6S2. The summed E-state index contributed by atoms with van der Waals surface area (Å²) in [6.07, 6.45) is 4.45. The molecule has 10 nitrogen and oxygen atoms in total.